The first kappa shape index (κ1) is 16.8. The summed E-state index contributed by atoms with van der Waals surface area (Å²) in [5.74, 6) is 0.364. The lowest BCUT2D eigenvalue weighted by atomic mass is 10.2. The number of hydrogen-bond acceptors (Lipinski definition) is 4. The molecule has 0 aliphatic carbocycles. The van der Waals surface area contributed by atoms with E-state index in [9.17, 15) is 9.18 Å². The highest BCUT2D eigenvalue weighted by Gasteiger charge is 2.16. The largest absolute Gasteiger partial charge is 0.397 e. The number of carbonyl (C=O) groups is 1. The zero-order chi connectivity index (χ0) is 15.1. The summed E-state index contributed by atoms with van der Waals surface area (Å²) in [7, 11) is 1.92. The van der Waals surface area contributed by atoms with Gasteiger partial charge in [-0.2, -0.15) is 11.8 Å². The van der Waals surface area contributed by atoms with Crippen LogP contribution in [0.3, 0.4) is 0 Å². The second-order valence-electron chi connectivity index (χ2n) is 4.71. The molecule has 1 rings (SSSR count). The second kappa shape index (κ2) is 8.11. The van der Waals surface area contributed by atoms with Gasteiger partial charge in [-0.25, -0.2) is 4.39 Å². The standard InChI is InChI=1S/C14H22FN3OS/c1-4-11(9-20-3)18(2)8-14(19)17-13-7-10(15)5-6-12(13)16/h5-7,11H,4,8-9,16H2,1-3H3,(H,17,19). The number of thioether (sulfide) groups is 1. The topological polar surface area (TPSA) is 58.4 Å². The molecule has 1 aromatic rings. The van der Waals surface area contributed by atoms with Crippen LogP contribution in [-0.2, 0) is 4.79 Å². The molecule has 0 aromatic heterocycles. The van der Waals surface area contributed by atoms with Crippen molar-refractivity contribution in [3.63, 3.8) is 0 Å². The van der Waals surface area contributed by atoms with Crippen molar-refractivity contribution in [3.05, 3.63) is 24.0 Å². The highest BCUT2D eigenvalue weighted by Crippen LogP contribution is 2.19. The Morgan fingerprint density at radius 1 is 1.55 bits per heavy atom. The summed E-state index contributed by atoms with van der Waals surface area (Å²) >= 11 is 1.76. The molecule has 6 heteroatoms. The minimum absolute atomic E-state index is 0.190. The first-order valence-electron chi connectivity index (χ1n) is 6.52. The van der Waals surface area contributed by atoms with Gasteiger partial charge in [-0.1, -0.05) is 6.92 Å². The van der Waals surface area contributed by atoms with Gasteiger partial charge in [-0.05, 0) is 37.9 Å². The summed E-state index contributed by atoms with van der Waals surface area (Å²) in [5, 5.41) is 2.65. The molecule has 0 aliphatic rings. The van der Waals surface area contributed by atoms with Crippen molar-refractivity contribution in [2.24, 2.45) is 0 Å². The number of nitrogens with two attached hydrogens (primary N) is 1. The van der Waals surface area contributed by atoms with Crippen LogP contribution in [0.15, 0.2) is 18.2 Å². The summed E-state index contributed by atoms with van der Waals surface area (Å²) in [6.45, 7) is 2.36. The lowest BCUT2D eigenvalue weighted by molar-refractivity contribution is -0.117. The van der Waals surface area contributed by atoms with Gasteiger partial charge in [-0.15, -0.1) is 0 Å². The van der Waals surface area contributed by atoms with Gasteiger partial charge in [0, 0.05) is 11.8 Å². The van der Waals surface area contributed by atoms with E-state index in [4.69, 9.17) is 5.73 Å². The van der Waals surface area contributed by atoms with Crippen LogP contribution in [-0.4, -0.2) is 42.4 Å². The maximum atomic E-state index is 13.1. The Kier molecular flexibility index (Phi) is 6.81. The van der Waals surface area contributed by atoms with E-state index in [1.807, 2.05) is 18.2 Å². The highest BCUT2D eigenvalue weighted by molar-refractivity contribution is 7.98. The van der Waals surface area contributed by atoms with Crippen LogP contribution >= 0.6 is 11.8 Å². The van der Waals surface area contributed by atoms with Crippen LogP contribution < -0.4 is 11.1 Å². The summed E-state index contributed by atoms with van der Waals surface area (Å²) in [6, 6.07) is 4.28. The Morgan fingerprint density at radius 3 is 2.85 bits per heavy atom. The molecule has 112 valence electrons. The minimum atomic E-state index is -0.420. The molecule has 0 fully saturated rings. The third-order valence-electron chi connectivity index (χ3n) is 3.14. The van der Waals surface area contributed by atoms with E-state index in [0.717, 1.165) is 12.2 Å². The number of nitrogens with one attached hydrogen (secondary N) is 1. The van der Waals surface area contributed by atoms with Crippen LogP contribution in [0, 0.1) is 5.82 Å². The van der Waals surface area contributed by atoms with Gasteiger partial charge < -0.3 is 11.1 Å². The molecule has 0 saturated heterocycles. The Bertz CT molecular complexity index is 456. The van der Waals surface area contributed by atoms with Crippen molar-refractivity contribution in [2.75, 3.05) is 36.7 Å². The Balaban J connectivity index is 2.60. The second-order valence-corrected chi connectivity index (χ2v) is 5.62. The normalized spacial score (nSPS) is 12.4. The van der Waals surface area contributed by atoms with Crippen LogP contribution in [0.5, 0.6) is 0 Å². The number of nitrogens with zero attached hydrogens (tertiary/aromatic N) is 1. The number of carbonyl (C=O) groups excluding carboxylic acids is 1. The minimum Gasteiger partial charge on any atom is -0.397 e. The van der Waals surface area contributed by atoms with E-state index in [1.54, 1.807) is 11.8 Å². The molecule has 0 heterocycles. The van der Waals surface area contributed by atoms with Crippen molar-refractivity contribution < 1.29 is 9.18 Å². The molecule has 1 atom stereocenters. The fraction of sp³-hybridized carbons (Fsp3) is 0.500. The number of hydrogen-bond donors (Lipinski definition) is 2. The lowest BCUT2D eigenvalue weighted by Gasteiger charge is -2.25. The summed E-state index contributed by atoms with van der Waals surface area (Å²) in [5.41, 5.74) is 6.38. The summed E-state index contributed by atoms with van der Waals surface area (Å²) < 4.78 is 13.1. The van der Waals surface area contributed by atoms with Gasteiger partial charge in [0.1, 0.15) is 5.82 Å². The molecule has 0 spiro atoms. The number of halogens is 1. The number of nitrogen functional groups attached to an aromatic ring is 1. The summed E-state index contributed by atoms with van der Waals surface area (Å²) in [4.78, 5) is 14.0. The SMILES string of the molecule is CCC(CSC)N(C)CC(=O)Nc1cc(F)ccc1N. The molecular formula is C14H22FN3OS. The average molecular weight is 299 g/mol. The highest BCUT2D eigenvalue weighted by atomic mass is 32.2. The number of anilines is 2. The van der Waals surface area contributed by atoms with Gasteiger partial charge in [0.25, 0.3) is 0 Å². The first-order chi connectivity index (χ1) is 9.47. The maximum Gasteiger partial charge on any atom is 0.238 e. The Hall–Kier alpha value is -1.27. The van der Waals surface area contributed by atoms with E-state index in [-0.39, 0.29) is 12.5 Å². The summed E-state index contributed by atoms with van der Waals surface area (Å²) in [6.07, 6.45) is 3.02. The third kappa shape index (κ3) is 5.02. The van der Waals surface area contributed by atoms with Crippen molar-refractivity contribution in [3.8, 4) is 0 Å². The number of amides is 1. The predicted molar refractivity (Wildman–Crippen MR) is 84.5 cm³/mol. The monoisotopic (exact) mass is 299 g/mol. The van der Waals surface area contributed by atoms with Gasteiger partial charge in [-0.3, -0.25) is 9.69 Å². The molecule has 0 saturated carbocycles. The fourth-order valence-corrected chi connectivity index (χ4v) is 2.81. The van der Waals surface area contributed by atoms with Crippen LogP contribution in [0.4, 0.5) is 15.8 Å². The van der Waals surface area contributed by atoms with Gasteiger partial charge >= 0.3 is 0 Å². The van der Waals surface area contributed by atoms with Crippen LogP contribution in [0.2, 0.25) is 0 Å². The lowest BCUT2D eigenvalue weighted by Crippen LogP contribution is -2.39. The molecule has 4 nitrogen and oxygen atoms in total. The third-order valence-corrected chi connectivity index (χ3v) is 3.85. The molecule has 0 radical (unpaired) electrons. The fourth-order valence-electron chi connectivity index (χ4n) is 1.93. The molecule has 0 bridgehead atoms. The van der Waals surface area contributed by atoms with Crippen LogP contribution in [0.1, 0.15) is 13.3 Å². The number of benzene rings is 1. The quantitative estimate of drug-likeness (QED) is 0.759. The van der Waals surface area contributed by atoms with Crippen molar-refractivity contribution in [2.45, 2.75) is 19.4 Å². The number of likely N-dealkylation sites (N-methyl/N-ethyl adjacent to an activating group) is 1. The van der Waals surface area contributed by atoms with Crippen molar-refractivity contribution >= 4 is 29.0 Å². The zero-order valence-electron chi connectivity index (χ0n) is 12.1. The Labute approximate surface area is 123 Å². The zero-order valence-corrected chi connectivity index (χ0v) is 13.0. The average Bonchev–Trinajstić information content (AvgIpc) is 2.39. The Morgan fingerprint density at radius 2 is 2.25 bits per heavy atom. The smallest absolute Gasteiger partial charge is 0.238 e. The van der Waals surface area contributed by atoms with E-state index < -0.39 is 5.82 Å². The molecule has 0 aliphatic heterocycles. The molecule has 1 amide bonds. The molecule has 1 aromatic carbocycles. The van der Waals surface area contributed by atoms with E-state index >= 15 is 0 Å². The number of rotatable bonds is 7. The predicted octanol–water partition coefficient (Wildman–Crippen LogP) is 2.42. The van der Waals surface area contributed by atoms with Gasteiger partial charge in [0.15, 0.2) is 0 Å². The van der Waals surface area contributed by atoms with Gasteiger partial charge in [0.2, 0.25) is 5.91 Å². The van der Waals surface area contributed by atoms with E-state index in [2.05, 4.69) is 12.2 Å². The first-order valence-corrected chi connectivity index (χ1v) is 7.91. The molecular weight excluding hydrogens is 277 g/mol. The van der Waals surface area contributed by atoms with Crippen molar-refractivity contribution in [1.82, 2.24) is 4.90 Å². The van der Waals surface area contributed by atoms with Crippen LogP contribution in [0.25, 0.3) is 0 Å². The molecule has 1 unspecified atom stereocenters. The van der Waals surface area contributed by atoms with Crippen molar-refractivity contribution in [1.29, 1.82) is 0 Å². The maximum absolute atomic E-state index is 13.1. The van der Waals surface area contributed by atoms with E-state index in [1.165, 1.54) is 18.2 Å². The van der Waals surface area contributed by atoms with Gasteiger partial charge in [0.05, 0.1) is 17.9 Å². The van der Waals surface area contributed by atoms with E-state index in [0.29, 0.717) is 17.4 Å². The molecule has 3 N–H and O–H groups in total. The molecule has 20 heavy (non-hydrogen) atoms.